The SMILES string of the molecule is C=CCOc1ccc2c(c1)C1C(CCCCO)C(CCCCO)C=C3C(=NOCc4ccc([N+](=O)[O-])cc4)CC(N(CCC)C(=O)OCCCCCCCCCCCC)C(OCC=C)(O2)C31. The summed E-state index contributed by atoms with van der Waals surface area (Å²) in [7, 11) is 0. The number of oxime groups is 1. The molecule has 1 fully saturated rings. The van der Waals surface area contributed by atoms with Gasteiger partial charge in [0, 0.05) is 49.8 Å². The first-order chi connectivity index (χ1) is 32.3. The number of nitrogens with zero attached hydrogens (tertiary/aromatic N) is 3. The van der Waals surface area contributed by atoms with Crippen molar-refractivity contribution >= 4 is 17.5 Å². The molecule has 13 heteroatoms. The van der Waals surface area contributed by atoms with E-state index in [0.29, 0.717) is 61.8 Å². The Kier molecular flexibility index (Phi) is 22.0. The zero-order valence-electron chi connectivity index (χ0n) is 39.8. The topological polar surface area (TPSA) is 162 Å². The Bertz CT molecular complexity index is 1880. The van der Waals surface area contributed by atoms with Gasteiger partial charge in [0.2, 0.25) is 5.79 Å². The highest BCUT2D eigenvalue weighted by atomic mass is 16.7. The molecular formula is C53H77N3O10. The number of unbranched alkanes of at least 4 members (excludes halogenated alkanes) is 11. The van der Waals surface area contributed by atoms with E-state index < -0.39 is 28.8 Å². The maximum absolute atomic E-state index is 14.6. The number of nitro groups is 1. The summed E-state index contributed by atoms with van der Waals surface area (Å²) < 4.78 is 26.7. The molecule has 0 spiro atoms. The fraction of sp³-hybridized carbons (Fsp3) is 0.623. The standard InChI is InChI=1S/C53H77N3O10/c1-5-9-10-11-12-13-14-15-16-21-35-63-52(59)55(30-6-2)49-38-47(54-65-39-40-24-26-42(27-25-40)56(60)61)45-36-41(22-17-19-31-57)44(23-18-20-32-58)50-46-37-43(62-33-7-3)28-29-48(46)66-53(49,51(45)50)64-34-8-4/h7-8,24-29,36-37,41,44,49-51,57-58H,3-6,9-23,30-35,38-39H2,1-2H3. The first-order valence-electron chi connectivity index (χ1n) is 24.9. The largest absolute Gasteiger partial charge is 0.490 e. The molecule has 3 aliphatic rings. The monoisotopic (exact) mass is 916 g/mol. The number of benzene rings is 2. The Morgan fingerprint density at radius 3 is 2.23 bits per heavy atom. The third-order valence-electron chi connectivity index (χ3n) is 13.4. The number of carbonyl (C=O) groups is 1. The van der Waals surface area contributed by atoms with Gasteiger partial charge in [-0.2, -0.15) is 0 Å². The van der Waals surface area contributed by atoms with Gasteiger partial charge in [0.05, 0.1) is 29.8 Å². The summed E-state index contributed by atoms with van der Waals surface area (Å²) in [4.78, 5) is 33.5. The van der Waals surface area contributed by atoms with E-state index in [1.165, 1.54) is 57.1 Å². The summed E-state index contributed by atoms with van der Waals surface area (Å²) in [6.45, 7) is 13.6. The number of non-ortho nitro benzene ring substituents is 1. The number of hydrogen-bond acceptors (Lipinski definition) is 11. The van der Waals surface area contributed by atoms with Crippen LogP contribution >= 0.6 is 0 Å². The van der Waals surface area contributed by atoms with Crippen molar-refractivity contribution in [2.75, 3.05) is 39.6 Å². The molecule has 66 heavy (non-hydrogen) atoms. The second-order valence-electron chi connectivity index (χ2n) is 18.1. The lowest BCUT2D eigenvalue weighted by Crippen LogP contribution is -2.70. The lowest BCUT2D eigenvalue weighted by Gasteiger charge is -2.59. The smallest absolute Gasteiger partial charge is 0.410 e. The molecule has 0 radical (unpaired) electrons. The number of aliphatic hydroxyl groups is 2. The van der Waals surface area contributed by atoms with E-state index in [-0.39, 0.29) is 56.3 Å². The van der Waals surface area contributed by atoms with Crippen LogP contribution in [0.15, 0.2) is 84.6 Å². The molecule has 0 bridgehead atoms. The van der Waals surface area contributed by atoms with Gasteiger partial charge in [0.15, 0.2) is 0 Å². The first-order valence-corrected chi connectivity index (χ1v) is 24.9. The van der Waals surface area contributed by atoms with Crippen molar-refractivity contribution in [1.29, 1.82) is 0 Å². The quantitative estimate of drug-likeness (QED) is 0.0313. The van der Waals surface area contributed by atoms with Crippen molar-refractivity contribution in [2.45, 2.75) is 154 Å². The Morgan fingerprint density at radius 2 is 1.58 bits per heavy atom. The van der Waals surface area contributed by atoms with E-state index in [9.17, 15) is 25.1 Å². The minimum atomic E-state index is -1.41. The van der Waals surface area contributed by atoms with Crippen LogP contribution in [0.25, 0.3) is 0 Å². The van der Waals surface area contributed by atoms with E-state index >= 15 is 0 Å². The minimum Gasteiger partial charge on any atom is -0.490 e. The van der Waals surface area contributed by atoms with Crippen molar-refractivity contribution in [3.05, 3.63) is 101 Å². The molecule has 1 amide bonds. The zero-order valence-corrected chi connectivity index (χ0v) is 39.8. The van der Waals surface area contributed by atoms with Crippen molar-refractivity contribution in [3.8, 4) is 11.5 Å². The lowest BCUT2D eigenvalue weighted by atomic mass is 9.55. The number of ether oxygens (including phenoxy) is 4. The summed E-state index contributed by atoms with van der Waals surface area (Å²) in [5, 5.41) is 36.1. The Morgan fingerprint density at radius 1 is 0.894 bits per heavy atom. The maximum Gasteiger partial charge on any atom is 0.410 e. The fourth-order valence-corrected chi connectivity index (χ4v) is 10.2. The average Bonchev–Trinajstić information content (AvgIpc) is 3.32. The fourth-order valence-electron chi connectivity index (χ4n) is 10.2. The van der Waals surface area contributed by atoms with E-state index in [0.717, 1.165) is 56.1 Å². The van der Waals surface area contributed by atoms with Gasteiger partial charge in [-0.15, -0.1) is 6.58 Å². The number of carbonyl (C=O) groups excluding carboxylic acids is 1. The van der Waals surface area contributed by atoms with Crippen LogP contribution in [0, 0.1) is 27.9 Å². The number of allylic oxidation sites excluding steroid dienone is 1. The van der Waals surface area contributed by atoms with Crippen LogP contribution in [-0.2, 0) is 20.9 Å². The molecule has 1 heterocycles. The second kappa shape index (κ2) is 27.8. The molecule has 0 aromatic heterocycles. The van der Waals surface area contributed by atoms with E-state index in [2.05, 4.69) is 32.2 Å². The predicted molar refractivity (Wildman–Crippen MR) is 259 cm³/mol. The number of rotatable bonds is 32. The molecule has 2 aromatic rings. The van der Waals surface area contributed by atoms with Crippen LogP contribution in [-0.4, -0.2) is 83.2 Å². The molecular weight excluding hydrogens is 839 g/mol. The van der Waals surface area contributed by atoms with E-state index in [1.807, 2.05) is 19.1 Å². The lowest BCUT2D eigenvalue weighted by molar-refractivity contribution is -0.384. The van der Waals surface area contributed by atoms with Crippen LogP contribution in [0.4, 0.5) is 10.5 Å². The van der Waals surface area contributed by atoms with Crippen molar-refractivity contribution in [3.63, 3.8) is 0 Å². The number of nitro benzene ring substituents is 1. The van der Waals surface area contributed by atoms with Gasteiger partial charge < -0.3 is 34.0 Å². The summed E-state index contributed by atoms with van der Waals surface area (Å²) in [6.07, 6.45) is 22.4. The number of aliphatic hydroxyl groups excluding tert-OH is 2. The van der Waals surface area contributed by atoms with Crippen LogP contribution < -0.4 is 9.47 Å². The Hall–Kier alpha value is -4.72. The van der Waals surface area contributed by atoms with Crippen LogP contribution in [0.3, 0.4) is 0 Å². The van der Waals surface area contributed by atoms with Gasteiger partial charge in [-0.05, 0) is 91.8 Å². The van der Waals surface area contributed by atoms with Crippen molar-refractivity contribution in [1.82, 2.24) is 4.90 Å². The Labute approximate surface area is 393 Å². The number of fused-ring (bicyclic) bond motifs is 2. The van der Waals surface area contributed by atoms with Gasteiger partial charge in [0.25, 0.3) is 5.69 Å². The second-order valence-corrected chi connectivity index (χ2v) is 18.1. The Balaban J connectivity index is 1.59. The third kappa shape index (κ3) is 13.9. The van der Waals surface area contributed by atoms with E-state index in [1.54, 1.807) is 29.2 Å². The van der Waals surface area contributed by atoms with Gasteiger partial charge in [-0.3, -0.25) is 15.0 Å². The highest BCUT2D eigenvalue weighted by molar-refractivity contribution is 6.03. The molecule has 2 N–H and O–H groups in total. The van der Waals surface area contributed by atoms with Crippen LogP contribution in [0.2, 0.25) is 0 Å². The zero-order chi connectivity index (χ0) is 47.2. The molecule has 2 aromatic carbocycles. The predicted octanol–water partition coefficient (Wildman–Crippen LogP) is 11.8. The van der Waals surface area contributed by atoms with Gasteiger partial charge in [-0.25, -0.2) is 4.79 Å². The summed E-state index contributed by atoms with van der Waals surface area (Å²) in [5.41, 5.74) is 3.23. The molecule has 0 saturated heterocycles. The van der Waals surface area contributed by atoms with Crippen LogP contribution in [0.5, 0.6) is 11.5 Å². The third-order valence-corrected chi connectivity index (χ3v) is 13.4. The summed E-state index contributed by atoms with van der Waals surface area (Å²) >= 11 is 0. The molecule has 2 aliphatic carbocycles. The number of amides is 1. The van der Waals surface area contributed by atoms with Crippen molar-refractivity contribution in [2.24, 2.45) is 22.9 Å². The van der Waals surface area contributed by atoms with Gasteiger partial charge in [0.1, 0.15) is 30.8 Å². The molecule has 6 atom stereocenters. The van der Waals surface area contributed by atoms with Gasteiger partial charge >= 0.3 is 6.09 Å². The van der Waals surface area contributed by atoms with Crippen LogP contribution in [0.1, 0.15) is 146 Å². The molecule has 5 rings (SSSR count). The average molecular weight is 916 g/mol. The molecule has 13 nitrogen and oxygen atoms in total. The molecule has 364 valence electrons. The number of hydrogen-bond donors (Lipinski definition) is 2. The highest BCUT2D eigenvalue weighted by Gasteiger charge is 2.65. The molecule has 1 saturated carbocycles. The van der Waals surface area contributed by atoms with Crippen molar-refractivity contribution < 1.29 is 43.7 Å². The summed E-state index contributed by atoms with van der Waals surface area (Å²) in [6, 6.07) is 11.4. The van der Waals surface area contributed by atoms with Gasteiger partial charge in [-0.1, -0.05) is 114 Å². The molecule has 1 aliphatic heterocycles. The highest BCUT2D eigenvalue weighted by Crippen LogP contribution is 2.62. The maximum atomic E-state index is 14.6. The molecule has 6 unspecified atom stereocenters. The summed E-state index contributed by atoms with van der Waals surface area (Å²) in [5.74, 6) is -0.674. The first kappa shape index (κ1) is 52.3. The van der Waals surface area contributed by atoms with E-state index in [4.69, 9.17) is 28.9 Å². The minimum absolute atomic E-state index is 0.0121. The normalized spacial score (nSPS) is 22.3.